The third kappa shape index (κ3) is 5.12. The van der Waals surface area contributed by atoms with Crippen LogP contribution in [-0.4, -0.2) is 42.9 Å². The quantitative estimate of drug-likeness (QED) is 0.507. The van der Waals surface area contributed by atoms with Gasteiger partial charge in [0, 0.05) is 29.4 Å². The van der Waals surface area contributed by atoms with Crippen molar-refractivity contribution < 1.29 is 27.1 Å². The molecule has 1 aliphatic heterocycles. The average Bonchev–Trinajstić information content (AvgIpc) is 3.17. The van der Waals surface area contributed by atoms with E-state index in [9.17, 15) is 22.4 Å². The summed E-state index contributed by atoms with van der Waals surface area (Å²) >= 11 is 0. The maximum absolute atomic E-state index is 12.9. The summed E-state index contributed by atoms with van der Waals surface area (Å²) in [5.41, 5.74) is 2.76. The molecule has 0 unspecified atom stereocenters. The van der Waals surface area contributed by atoms with Crippen molar-refractivity contribution in [2.45, 2.75) is 39.2 Å². The van der Waals surface area contributed by atoms with Gasteiger partial charge in [0.1, 0.15) is 5.82 Å². The van der Waals surface area contributed by atoms with Crippen molar-refractivity contribution >= 4 is 21.6 Å². The number of Topliss-reactive ketones (excluding diaryl/α,β-unsaturated/α-hetero) is 1. The Kier molecular flexibility index (Phi) is 6.21. The number of aryl methyl sites for hydroxylation is 2. The Balaban J connectivity index is 1.57. The first kappa shape index (κ1) is 21.2. The van der Waals surface area contributed by atoms with Crippen LogP contribution in [0.15, 0.2) is 30.3 Å². The van der Waals surface area contributed by atoms with E-state index in [0.29, 0.717) is 24.1 Å². The van der Waals surface area contributed by atoms with Gasteiger partial charge >= 0.3 is 5.97 Å². The lowest BCUT2D eigenvalue weighted by atomic mass is 10.1. The number of sulfone groups is 1. The van der Waals surface area contributed by atoms with E-state index in [1.165, 1.54) is 12.1 Å². The molecule has 1 aromatic heterocycles. The molecule has 1 saturated heterocycles. The number of carbonyl (C=O) groups excluding carboxylic acids is 2. The topological polar surface area (TPSA) is 82.4 Å². The van der Waals surface area contributed by atoms with Crippen molar-refractivity contribution in [1.82, 2.24) is 4.57 Å². The molecule has 6 nitrogen and oxygen atoms in total. The summed E-state index contributed by atoms with van der Waals surface area (Å²) in [6.45, 7) is 3.25. The highest BCUT2D eigenvalue weighted by Gasteiger charge is 2.31. The maximum Gasteiger partial charge on any atom is 0.306 e. The fourth-order valence-electron chi connectivity index (χ4n) is 3.79. The van der Waals surface area contributed by atoms with Crippen LogP contribution in [0.2, 0.25) is 0 Å². The van der Waals surface area contributed by atoms with Gasteiger partial charge in [0.15, 0.2) is 16.4 Å². The summed E-state index contributed by atoms with van der Waals surface area (Å²) in [5.74, 6) is -0.924. The van der Waals surface area contributed by atoms with Gasteiger partial charge in [-0.1, -0.05) is 12.1 Å². The number of rotatable bonds is 7. The molecule has 156 valence electrons. The maximum atomic E-state index is 12.9. The molecule has 0 amide bonds. The third-order valence-corrected chi connectivity index (χ3v) is 7.00. The first-order valence-corrected chi connectivity index (χ1v) is 11.3. The van der Waals surface area contributed by atoms with Gasteiger partial charge in [-0.25, -0.2) is 12.8 Å². The molecule has 1 fully saturated rings. The first-order chi connectivity index (χ1) is 13.7. The molecule has 0 bridgehead atoms. The van der Waals surface area contributed by atoms with E-state index in [1.54, 1.807) is 25.1 Å². The van der Waals surface area contributed by atoms with Crippen LogP contribution in [0.3, 0.4) is 0 Å². The molecule has 8 heteroatoms. The number of benzene rings is 1. The lowest BCUT2D eigenvalue weighted by molar-refractivity contribution is -0.142. The van der Waals surface area contributed by atoms with Gasteiger partial charge in [0.05, 0.1) is 11.5 Å². The van der Waals surface area contributed by atoms with Crippen LogP contribution in [0.25, 0.3) is 0 Å². The second-order valence-electron chi connectivity index (χ2n) is 7.42. The molecule has 0 aliphatic carbocycles. The summed E-state index contributed by atoms with van der Waals surface area (Å²) in [5, 5.41) is 0. The van der Waals surface area contributed by atoms with Gasteiger partial charge in [0.25, 0.3) is 0 Å². The minimum absolute atomic E-state index is 0.0787. The zero-order valence-corrected chi connectivity index (χ0v) is 17.3. The standard InChI is InChI=1S/C21H24FNO5S/c1-14-11-19(15(2)23(14)18-9-10-29(26,27)13-18)20(24)12-28-21(25)8-5-16-3-6-17(22)7-4-16/h3-4,6-7,11,18H,5,8-10,12-13H2,1-2H3/t18-/m0/s1. The molecular formula is C21H24FNO5S. The predicted molar refractivity (Wildman–Crippen MR) is 106 cm³/mol. The summed E-state index contributed by atoms with van der Waals surface area (Å²) in [6.07, 6.45) is 1.03. The zero-order valence-electron chi connectivity index (χ0n) is 16.5. The second-order valence-corrected chi connectivity index (χ2v) is 9.65. The van der Waals surface area contributed by atoms with Crippen molar-refractivity contribution in [3.05, 3.63) is 58.7 Å². The molecule has 0 spiro atoms. The van der Waals surface area contributed by atoms with E-state index >= 15 is 0 Å². The average molecular weight is 421 g/mol. The molecule has 1 aliphatic rings. The van der Waals surface area contributed by atoms with E-state index in [0.717, 1.165) is 11.3 Å². The van der Waals surface area contributed by atoms with Crippen molar-refractivity contribution in [2.24, 2.45) is 0 Å². The van der Waals surface area contributed by atoms with Crippen molar-refractivity contribution in [2.75, 3.05) is 18.1 Å². The summed E-state index contributed by atoms with van der Waals surface area (Å²) in [6, 6.07) is 7.41. The Morgan fingerprint density at radius 1 is 1.21 bits per heavy atom. The van der Waals surface area contributed by atoms with Crippen molar-refractivity contribution in [1.29, 1.82) is 0 Å². The Labute approximate surface area is 169 Å². The van der Waals surface area contributed by atoms with Crippen LogP contribution in [0.5, 0.6) is 0 Å². The number of ether oxygens (including phenoxy) is 1. The first-order valence-electron chi connectivity index (χ1n) is 9.48. The highest BCUT2D eigenvalue weighted by molar-refractivity contribution is 7.91. The minimum Gasteiger partial charge on any atom is -0.457 e. The number of hydrogen-bond acceptors (Lipinski definition) is 5. The summed E-state index contributed by atoms with van der Waals surface area (Å²) in [7, 11) is -3.04. The van der Waals surface area contributed by atoms with Gasteiger partial charge in [-0.3, -0.25) is 9.59 Å². The molecule has 1 aromatic carbocycles. The van der Waals surface area contributed by atoms with Gasteiger partial charge < -0.3 is 9.30 Å². The van der Waals surface area contributed by atoms with E-state index in [2.05, 4.69) is 0 Å². The van der Waals surface area contributed by atoms with Crippen LogP contribution >= 0.6 is 0 Å². The van der Waals surface area contributed by atoms with E-state index in [4.69, 9.17) is 4.74 Å². The molecule has 0 saturated carbocycles. The number of ketones is 1. The van der Waals surface area contributed by atoms with E-state index in [-0.39, 0.29) is 42.2 Å². The molecule has 0 radical (unpaired) electrons. The number of carbonyl (C=O) groups is 2. The van der Waals surface area contributed by atoms with Crippen molar-refractivity contribution in [3.8, 4) is 0 Å². The summed E-state index contributed by atoms with van der Waals surface area (Å²) < 4.78 is 43.4. The van der Waals surface area contributed by atoms with Crippen LogP contribution < -0.4 is 0 Å². The smallest absolute Gasteiger partial charge is 0.306 e. The van der Waals surface area contributed by atoms with Crippen molar-refractivity contribution in [3.63, 3.8) is 0 Å². The summed E-state index contributed by atoms with van der Waals surface area (Å²) in [4.78, 5) is 24.5. The minimum atomic E-state index is -3.04. The van der Waals surface area contributed by atoms with Crippen LogP contribution in [0.1, 0.15) is 46.2 Å². The molecule has 29 heavy (non-hydrogen) atoms. The third-order valence-electron chi connectivity index (χ3n) is 5.25. The number of aromatic nitrogens is 1. The normalized spacial score (nSPS) is 18.0. The Bertz CT molecular complexity index is 1020. The largest absolute Gasteiger partial charge is 0.457 e. The van der Waals surface area contributed by atoms with Crippen LogP contribution in [0, 0.1) is 19.7 Å². The van der Waals surface area contributed by atoms with Gasteiger partial charge in [-0.05, 0) is 50.5 Å². The number of hydrogen-bond donors (Lipinski definition) is 0. The molecular weight excluding hydrogens is 397 g/mol. The Morgan fingerprint density at radius 3 is 2.52 bits per heavy atom. The van der Waals surface area contributed by atoms with Crippen LogP contribution in [-0.2, 0) is 25.8 Å². The van der Waals surface area contributed by atoms with Gasteiger partial charge in [0.2, 0.25) is 5.78 Å². The Morgan fingerprint density at radius 2 is 1.90 bits per heavy atom. The molecule has 1 atom stereocenters. The molecule has 2 heterocycles. The Hall–Kier alpha value is -2.48. The SMILES string of the molecule is Cc1cc(C(=O)COC(=O)CCc2ccc(F)cc2)c(C)n1[C@H]1CCS(=O)(=O)C1. The molecule has 0 N–H and O–H groups in total. The van der Waals surface area contributed by atoms with E-state index in [1.807, 2.05) is 11.5 Å². The second kappa shape index (κ2) is 8.49. The fourth-order valence-corrected chi connectivity index (χ4v) is 5.49. The number of halogens is 1. The monoisotopic (exact) mass is 421 g/mol. The van der Waals surface area contributed by atoms with E-state index < -0.39 is 15.8 Å². The zero-order chi connectivity index (χ0) is 21.2. The lowest BCUT2D eigenvalue weighted by Gasteiger charge is -2.16. The molecule has 3 rings (SSSR count). The van der Waals surface area contributed by atoms with Crippen LogP contribution in [0.4, 0.5) is 4.39 Å². The van der Waals surface area contributed by atoms with Gasteiger partial charge in [-0.15, -0.1) is 0 Å². The molecule has 2 aromatic rings. The highest BCUT2D eigenvalue weighted by atomic mass is 32.2. The lowest BCUT2D eigenvalue weighted by Crippen LogP contribution is -2.17. The number of nitrogens with zero attached hydrogens (tertiary/aromatic N) is 1. The predicted octanol–water partition coefficient (Wildman–Crippen LogP) is 2.96. The van der Waals surface area contributed by atoms with Gasteiger partial charge in [-0.2, -0.15) is 0 Å². The fraction of sp³-hybridized carbons (Fsp3) is 0.429. The highest BCUT2D eigenvalue weighted by Crippen LogP contribution is 2.29. The number of esters is 1.